The molecule has 3 rings (SSSR count). The molecule has 0 atom stereocenters. The zero-order valence-corrected chi connectivity index (χ0v) is 16.2. The highest BCUT2D eigenvalue weighted by Gasteiger charge is 2.17. The second-order valence-electron chi connectivity index (χ2n) is 6.26. The Morgan fingerprint density at radius 2 is 1.72 bits per heavy atom. The van der Waals surface area contributed by atoms with Crippen molar-refractivity contribution >= 4 is 27.3 Å². The Morgan fingerprint density at radius 3 is 2.38 bits per heavy atom. The summed E-state index contributed by atoms with van der Waals surface area (Å²) in [5, 5.41) is 2.54. The lowest BCUT2D eigenvalue weighted by atomic mass is 10.2. The van der Waals surface area contributed by atoms with Crippen molar-refractivity contribution in [1.29, 1.82) is 0 Å². The number of nitrogens with zero attached hydrogens (tertiary/aromatic N) is 1. The van der Waals surface area contributed by atoms with Crippen LogP contribution in [0.5, 0.6) is 0 Å². The molecule has 0 aliphatic heterocycles. The number of carbonyl (C=O) groups excluding carboxylic acids is 1. The number of nitrogens with one attached hydrogen (secondary N) is 2. The van der Waals surface area contributed by atoms with E-state index in [0.29, 0.717) is 11.3 Å². The van der Waals surface area contributed by atoms with Crippen LogP contribution in [0.1, 0.15) is 12.5 Å². The molecule has 0 aliphatic carbocycles. The van der Waals surface area contributed by atoms with Crippen LogP contribution in [0, 0.1) is 5.82 Å². The summed E-state index contributed by atoms with van der Waals surface area (Å²) in [7, 11) is -4.03. The van der Waals surface area contributed by atoms with E-state index in [4.69, 9.17) is 0 Å². The Hall–Kier alpha value is -3.46. The fourth-order valence-electron chi connectivity index (χ4n) is 2.67. The minimum Gasteiger partial charge on any atom is -0.326 e. The standard InChI is InChI=1S/C20H18FN3O4S/c1-14(25)22-16-8-10-17(11-9-16)29(27,28)23-19-7-4-12-24(20(19)26)13-15-5-2-3-6-18(15)21/h2-12,23H,13H2,1H3,(H,22,25). The van der Waals surface area contributed by atoms with Gasteiger partial charge in [-0.1, -0.05) is 18.2 Å². The first-order valence-electron chi connectivity index (χ1n) is 8.59. The van der Waals surface area contributed by atoms with Gasteiger partial charge in [-0.25, -0.2) is 12.8 Å². The fraction of sp³-hybridized carbons (Fsp3) is 0.100. The molecule has 7 nitrogen and oxygen atoms in total. The van der Waals surface area contributed by atoms with Crippen LogP contribution < -0.4 is 15.6 Å². The monoisotopic (exact) mass is 415 g/mol. The number of rotatable bonds is 6. The van der Waals surface area contributed by atoms with Crippen LogP contribution in [0.25, 0.3) is 0 Å². The molecule has 2 aromatic carbocycles. The summed E-state index contributed by atoms with van der Waals surface area (Å²) >= 11 is 0. The van der Waals surface area contributed by atoms with Gasteiger partial charge >= 0.3 is 0 Å². The van der Waals surface area contributed by atoms with Crippen molar-refractivity contribution in [3.05, 3.63) is 88.6 Å². The van der Waals surface area contributed by atoms with Crippen molar-refractivity contribution in [2.45, 2.75) is 18.4 Å². The molecule has 2 N–H and O–H groups in total. The van der Waals surface area contributed by atoms with Crippen LogP contribution in [0.2, 0.25) is 0 Å². The summed E-state index contributed by atoms with van der Waals surface area (Å²) in [6.45, 7) is 1.31. The van der Waals surface area contributed by atoms with Gasteiger partial charge in [0.15, 0.2) is 0 Å². The predicted molar refractivity (Wildman–Crippen MR) is 108 cm³/mol. The zero-order valence-electron chi connectivity index (χ0n) is 15.4. The van der Waals surface area contributed by atoms with Crippen molar-refractivity contribution in [2.75, 3.05) is 10.0 Å². The van der Waals surface area contributed by atoms with Gasteiger partial charge in [0.05, 0.1) is 11.4 Å². The Labute approximate surface area is 166 Å². The minimum absolute atomic E-state index is 0.0352. The van der Waals surface area contributed by atoms with E-state index < -0.39 is 21.4 Å². The molecule has 0 spiro atoms. The summed E-state index contributed by atoms with van der Waals surface area (Å²) in [4.78, 5) is 23.6. The number of hydrogen-bond donors (Lipinski definition) is 2. The van der Waals surface area contributed by atoms with Gasteiger partial charge in [-0.05, 0) is 42.5 Å². The summed E-state index contributed by atoms with van der Waals surface area (Å²) in [5.74, 6) is -0.733. The van der Waals surface area contributed by atoms with Gasteiger partial charge < -0.3 is 9.88 Å². The van der Waals surface area contributed by atoms with E-state index in [1.54, 1.807) is 18.2 Å². The lowest BCUT2D eigenvalue weighted by Crippen LogP contribution is -2.26. The molecule has 0 aliphatic rings. The number of amides is 1. The van der Waals surface area contributed by atoms with E-state index in [1.165, 1.54) is 60.2 Å². The summed E-state index contributed by atoms with van der Waals surface area (Å²) in [5.41, 5.74) is -0.00413. The third-order valence-electron chi connectivity index (χ3n) is 4.05. The van der Waals surface area contributed by atoms with Gasteiger partial charge in [0.2, 0.25) is 5.91 Å². The molecule has 1 aromatic heterocycles. The number of anilines is 2. The molecule has 0 saturated heterocycles. The van der Waals surface area contributed by atoms with Crippen molar-refractivity contribution in [3.8, 4) is 0 Å². The maximum atomic E-state index is 13.9. The van der Waals surface area contributed by atoms with E-state index in [1.807, 2.05) is 0 Å². The molecule has 0 bridgehead atoms. The summed E-state index contributed by atoms with van der Waals surface area (Å²) < 4.78 is 42.5. The maximum absolute atomic E-state index is 13.9. The molecule has 0 unspecified atom stereocenters. The van der Waals surface area contributed by atoms with E-state index in [9.17, 15) is 22.4 Å². The molecule has 1 amide bonds. The first kappa shape index (κ1) is 20.3. The highest BCUT2D eigenvalue weighted by atomic mass is 32.2. The number of carbonyl (C=O) groups is 1. The number of benzene rings is 2. The number of hydrogen-bond acceptors (Lipinski definition) is 4. The van der Waals surface area contributed by atoms with Crippen molar-refractivity contribution in [2.24, 2.45) is 0 Å². The van der Waals surface area contributed by atoms with Crippen LogP contribution in [-0.2, 0) is 21.4 Å². The van der Waals surface area contributed by atoms with Gasteiger partial charge in [0, 0.05) is 24.4 Å². The van der Waals surface area contributed by atoms with E-state index >= 15 is 0 Å². The number of pyridine rings is 1. The molecule has 1 heterocycles. The molecule has 150 valence electrons. The van der Waals surface area contributed by atoms with Crippen LogP contribution >= 0.6 is 0 Å². The summed E-state index contributed by atoms with van der Waals surface area (Å²) in [6, 6.07) is 14.4. The van der Waals surface area contributed by atoms with Crippen LogP contribution in [0.3, 0.4) is 0 Å². The SMILES string of the molecule is CC(=O)Nc1ccc(S(=O)(=O)Nc2cccn(Cc3ccccc3F)c2=O)cc1. The molecule has 0 radical (unpaired) electrons. The first-order valence-corrected chi connectivity index (χ1v) is 10.1. The Balaban J connectivity index is 1.85. The normalized spacial score (nSPS) is 11.1. The lowest BCUT2D eigenvalue weighted by Gasteiger charge is -2.11. The van der Waals surface area contributed by atoms with Crippen molar-refractivity contribution < 1.29 is 17.6 Å². The van der Waals surface area contributed by atoms with E-state index in [2.05, 4.69) is 10.0 Å². The predicted octanol–water partition coefficient (Wildman–Crippen LogP) is 2.79. The Morgan fingerprint density at radius 1 is 1.03 bits per heavy atom. The first-order chi connectivity index (χ1) is 13.8. The maximum Gasteiger partial charge on any atom is 0.275 e. The molecule has 9 heteroatoms. The highest BCUT2D eigenvalue weighted by molar-refractivity contribution is 7.92. The molecule has 3 aromatic rings. The third-order valence-corrected chi connectivity index (χ3v) is 5.43. The lowest BCUT2D eigenvalue weighted by molar-refractivity contribution is -0.114. The third kappa shape index (κ3) is 4.88. The number of halogens is 1. The Kier molecular flexibility index (Phi) is 5.79. The Bertz CT molecular complexity index is 1200. The average molecular weight is 415 g/mol. The smallest absolute Gasteiger partial charge is 0.275 e. The van der Waals surface area contributed by atoms with Gasteiger partial charge in [-0.15, -0.1) is 0 Å². The van der Waals surface area contributed by atoms with E-state index in [-0.39, 0.29) is 23.0 Å². The average Bonchev–Trinajstić information content (AvgIpc) is 2.66. The quantitative estimate of drug-likeness (QED) is 0.647. The highest BCUT2D eigenvalue weighted by Crippen LogP contribution is 2.17. The number of sulfonamides is 1. The summed E-state index contributed by atoms with van der Waals surface area (Å²) in [6.07, 6.45) is 1.45. The van der Waals surface area contributed by atoms with Crippen molar-refractivity contribution in [3.63, 3.8) is 0 Å². The van der Waals surface area contributed by atoms with Crippen LogP contribution in [-0.4, -0.2) is 18.9 Å². The molecular weight excluding hydrogens is 397 g/mol. The molecule has 29 heavy (non-hydrogen) atoms. The fourth-order valence-corrected chi connectivity index (χ4v) is 3.73. The second kappa shape index (κ2) is 8.27. The molecule has 0 fully saturated rings. The van der Waals surface area contributed by atoms with Crippen molar-refractivity contribution in [1.82, 2.24) is 4.57 Å². The van der Waals surface area contributed by atoms with E-state index in [0.717, 1.165) is 0 Å². The topological polar surface area (TPSA) is 97.3 Å². The van der Waals surface area contributed by atoms with Gasteiger partial charge in [0.25, 0.3) is 15.6 Å². The van der Waals surface area contributed by atoms with Gasteiger partial charge in [0.1, 0.15) is 11.5 Å². The zero-order chi connectivity index (χ0) is 21.0. The second-order valence-corrected chi connectivity index (χ2v) is 7.94. The largest absolute Gasteiger partial charge is 0.326 e. The van der Waals surface area contributed by atoms with Gasteiger partial charge in [-0.3, -0.25) is 14.3 Å². The minimum atomic E-state index is -4.03. The molecular formula is C20H18FN3O4S. The molecule has 0 saturated carbocycles. The van der Waals surface area contributed by atoms with Crippen LogP contribution in [0.15, 0.2) is 76.6 Å². The van der Waals surface area contributed by atoms with Crippen LogP contribution in [0.4, 0.5) is 15.8 Å². The van der Waals surface area contributed by atoms with Gasteiger partial charge in [-0.2, -0.15) is 0 Å². The number of aromatic nitrogens is 1.